The number of carbonyl (C=O) groups is 1. The fraction of sp³-hybridized carbons (Fsp3) is 0.500. The Hall–Kier alpha value is -2.80. The van der Waals surface area contributed by atoms with Crippen molar-refractivity contribution in [3.63, 3.8) is 0 Å². The molecule has 162 valence electrons. The van der Waals surface area contributed by atoms with Gasteiger partial charge in [-0.25, -0.2) is 9.97 Å². The van der Waals surface area contributed by atoms with Crippen LogP contribution < -0.4 is 4.90 Å². The Kier molecular flexibility index (Phi) is 5.44. The van der Waals surface area contributed by atoms with E-state index in [1.54, 1.807) is 6.92 Å². The molecule has 2 aliphatic heterocycles. The zero-order chi connectivity index (χ0) is 21.4. The van der Waals surface area contributed by atoms with E-state index in [-0.39, 0.29) is 11.9 Å². The van der Waals surface area contributed by atoms with Crippen LogP contribution in [-0.2, 0) is 16.0 Å². The van der Waals surface area contributed by atoms with Crippen molar-refractivity contribution in [1.82, 2.24) is 19.9 Å². The number of carbonyl (C=O) groups excluding carboxylic acids is 1. The van der Waals surface area contributed by atoms with Crippen LogP contribution >= 0.6 is 0 Å². The lowest BCUT2D eigenvalue weighted by Gasteiger charge is -2.35. The number of fused-ring (bicyclic) bond motifs is 1. The summed E-state index contributed by atoms with van der Waals surface area (Å²) in [6.45, 7) is 7.65. The number of hydrogen-bond acceptors (Lipinski definition) is 6. The van der Waals surface area contributed by atoms with Crippen LogP contribution in [0.25, 0.3) is 17.5 Å². The predicted octanol–water partition coefficient (Wildman–Crippen LogP) is 3.06. The van der Waals surface area contributed by atoms with E-state index < -0.39 is 0 Å². The summed E-state index contributed by atoms with van der Waals surface area (Å²) in [4.78, 5) is 30.6. The van der Waals surface area contributed by atoms with Crippen LogP contribution in [0.2, 0.25) is 0 Å². The molecule has 0 spiro atoms. The minimum atomic E-state index is 0.156. The summed E-state index contributed by atoms with van der Waals surface area (Å²) >= 11 is 0. The summed E-state index contributed by atoms with van der Waals surface area (Å²) in [5, 5.41) is 0. The molecule has 31 heavy (non-hydrogen) atoms. The lowest BCUT2D eigenvalue weighted by atomic mass is 9.92. The highest BCUT2D eigenvalue weighted by Crippen LogP contribution is 2.34. The number of piperidine rings is 1. The fourth-order valence-electron chi connectivity index (χ4n) is 4.84. The average Bonchev–Trinajstić information content (AvgIpc) is 3.28. The first-order valence-electron chi connectivity index (χ1n) is 11.2. The SMILES string of the molecule is CC(=O)N1CCC(c2cc(N3CCOC[C@H]3C)nc(-c3ccnc4c3C=CC4)n2)CC1. The topological polar surface area (TPSA) is 71.5 Å². The number of likely N-dealkylation sites (tertiary alicyclic amines) is 1. The number of rotatable bonds is 3. The molecule has 7 nitrogen and oxygen atoms in total. The molecule has 0 radical (unpaired) electrons. The summed E-state index contributed by atoms with van der Waals surface area (Å²) in [6, 6.07) is 4.46. The zero-order valence-electron chi connectivity index (χ0n) is 18.3. The second-order valence-electron chi connectivity index (χ2n) is 8.70. The van der Waals surface area contributed by atoms with E-state index in [4.69, 9.17) is 14.7 Å². The van der Waals surface area contributed by atoms with E-state index in [2.05, 4.69) is 35.0 Å². The van der Waals surface area contributed by atoms with Gasteiger partial charge in [-0.2, -0.15) is 0 Å². The number of ether oxygens (including phenoxy) is 1. The number of anilines is 1. The summed E-state index contributed by atoms with van der Waals surface area (Å²) in [5.74, 6) is 2.23. The third-order valence-corrected chi connectivity index (χ3v) is 6.66. The van der Waals surface area contributed by atoms with Gasteiger partial charge < -0.3 is 14.5 Å². The van der Waals surface area contributed by atoms with Crippen LogP contribution in [0.15, 0.2) is 24.4 Å². The van der Waals surface area contributed by atoms with Crippen LogP contribution in [-0.4, -0.2) is 64.6 Å². The largest absolute Gasteiger partial charge is 0.377 e. The van der Waals surface area contributed by atoms with E-state index in [1.165, 1.54) is 0 Å². The smallest absolute Gasteiger partial charge is 0.219 e. The Bertz CT molecular complexity index is 1010. The van der Waals surface area contributed by atoms with Crippen molar-refractivity contribution in [3.05, 3.63) is 41.4 Å². The second-order valence-corrected chi connectivity index (χ2v) is 8.70. The number of aromatic nitrogens is 3. The molecule has 4 heterocycles. The minimum absolute atomic E-state index is 0.156. The number of allylic oxidation sites excluding steroid dienone is 1. The highest BCUT2D eigenvalue weighted by atomic mass is 16.5. The standard InChI is InChI=1S/C24H29N5O2/c1-16-15-31-13-12-29(16)23-14-22(18-7-10-28(11-8-18)17(2)30)26-24(27-23)20-6-9-25-21-5-3-4-19(20)21/h3-4,6,9,14,16,18H,5,7-8,10-13,15H2,1-2H3/t16-/m1/s1. The molecule has 1 aliphatic carbocycles. The molecule has 2 aromatic heterocycles. The average molecular weight is 420 g/mol. The number of pyridine rings is 1. The number of morpholine rings is 1. The molecule has 0 saturated carbocycles. The van der Waals surface area contributed by atoms with Crippen LogP contribution in [0.3, 0.4) is 0 Å². The lowest BCUT2D eigenvalue weighted by molar-refractivity contribution is -0.129. The Balaban J connectivity index is 1.54. The molecular formula is C24H29N5O2. The van der Waals surface area contributed by atoms with Gasteiger partial charge >= 0.3 is 0 Å². The minimum Gasteiger partial charge on any atom is -0.377 e. The van der Waals surface area contributed by atoms with E-state index in [0.717, 1.165) is 73.1 Å². The first-order valence-corrected chi connectivity index (χ1v) is 11.2. The quantitative estimate of drug-likeness (QED) is 0.762. The van der Waals surface area contributed by atoms with Crippen molar-refractivity contribution >= 4 is 17.8 Å². The summed E-state index contributed by atoms with van der Waals surface area (Å²) in [6.07, 6.45) is 8.87. The predicted molar refractivity (Wildman–Crippen MR) is 120 cm³/mol. The van der Waals surface area contributed by atoms with Crippen molar-refractivity contribution in [1.29, 1.82) is 0 Å². The molecule has 5 rings (SSSR count). The van der Waals surface area contributed by atoms with Crippen LogP contribution in [0.4, 0.5) is 5.82 Å². The van der Waals surface area contributed by atoms with Crippen molar-refractivity contribution < 1.29 is 9.53 Å². The van der Waals surface area contributed by atoms with Crippen LogP contribution in [0.1, 0.15) is 49.6 Å². The molecule has 1 atom stereocenters. The number of hydrogen-bond donors (Lipinski definition) is 0. The van der Waals surface area contributed by atoms with Crippen LogP contribution in [0, 0.1) is 0 Å². The van der Waals surface area contributed by atoms with Gasteiger partial charge in [-0.15, -0.1) is 0 Å². The van der Waals surface area contributed by atoms with E-state index in [1.807, 2.05) is 17.2 Å². The van der Waals surface area contributed by atoms with E-state index >= 15 is 0 Å². The van der Waals surface area contributed by atoms with Gasteiger partial charge in [-0.1, -0.05) is 12.2 Å². The third-order valence-electron chi connectivity index (χ3n) is 6.66. The van der Waals surface area contributed by atoms with Gasteiger partial charge in [0.25, 0.3) is 0 Å². The molecule has 2 aromatic rings. The Morgan fingerprint density at radius 2 is 2.03 bits per heavy atom. The zero-order valence-corrected chi connectivity index (χ0v) is 18.3. The fourth-order valence-corrected chi connectivity index (χ4v) is 4.84. The monoisotopic (exact) mass is 419 g/mol. The Morgan fingerprint density at radius 1 is 1.19 bits per heavy atom. The molecular weight excluding hydrogens is 390 g/mol. The lowest BCUT2D eigenvalue weighted by Crippen LogP contribution is -2.44. The van der Waals surface area contributed by atoms with Gasteiger partial charge in [-0.05, 0) is 25.8 Å². The first-order chi connectivity index (χ1) is 15.1. The highest BCUT2D eigenvalue weighted by molar-refractivity contribution is 5.75. The summed E-state index contributed by atoms with van der Waals surface area (Å²) < 4.78 is 5.65. The third kappa shape index (κ3) is 3.94. The first kappa shape index (κ1) is 20.1. The molecule has 0 bridgehead atoms. The molecule has 7 heteroatoms. The summed E-state index contributed by atoms with van der Waals surface area (Å²) in [5.41, 5.74) is 4.34. The summed E-state index contributed by atoms with van der Waals surface area (Å²) in [7, 11) is 0. The van der Waals surface area contributed by atoms with Gasteiger partial charge in [-0.3, -0.25) is 9.78 Å². The van der Waals surface area contributed by atoms with Gasteiger partial charge in [0.1, 0.15) is 5.82 Å². The van der Waals surface area contributed by atoms with E-state index in [9.17, 15) is 4.79 Å². The van der Waals surface area contributed by atoms with Crippen molar-refractivity contribution in [2.24, 2.45) is 0 Å². The Morgan fingerprint density at radius 3 is 2.81 bits per heavy atom. The molecule has 1 amide bonds. The molecule has 2 fully saturated rings. The van der Waals surface area contributed by atoms with Gasteiger partial charge in [0.2, 0.25) is 5.91 Å². The van der Waals surface area contributed by atoms with Gasteiger partial charge in [0.15, 0.2) is 5.82 Å². The highest BCUT2D eigenvalue weighted by Gasteiger charge is 2.27. The molecule has 0 N–H and O–H groups in total. The second kappa shape index (κ2) is 8.38. The molecule has 0 unspecified atom stereocenters. The maximum atomic E-state index is 11.8. The maximum Gasteiger partial charge on any atom is 0.219 e. The normalized spacial score (nSPS) is 21.4. The molecule has 3 aliphatic rings. The molecule has 2 saturated heterocycles. The van der Waals surface area contributed by atoms with Crippen molar-refractivity contribution in [2.75, 3.05) is 37.7 Å². The number of amides is 1. The van der Waals surface area contributed by atoms with E-state index in [0.29, 0.717) is 19.1 Å². The van der Waals surface area contributed by atoms with Crippen LogP contribution in [0.5, 0.6) is 0 Å². The number of nitrogens with zero attached hydrogens (tertiary/aromatic N) is 5. The molecule has 0 aromatic carbocycles. The Labute approximate surface area is 183 Å². The van der Waals surface area contributed by atoms with Crippen molar-refractivity contribution in [2.45, 2.75) is 45.1 Å². The van der Waals surface area contributed by atoms with Crippen molar-refractivity contribution in [3.8, 4) is 11.4 Å². The van der Waals surface area contributed by atoms with Gasteiger partial charge in [0.05, 0.1) is 24.9 Å². The maximum absolute atomic E-state index is 11.8. The van der Waals surface area contributed by atoms with Gasteiger partial charge in [0, 0.05) is 68.0 Å².